The molecule has 6 nitrogen and oxygen atoms in total. The molecule has 2 aromatic rings. The average molecular weight is 259 g/mol. The highest BCUT2D eigenvalue weighted by molar-refractivity contribution is 5.92. The van der Waals surface area contributed by atoms with E-state index >= 15 is 0 Å². The van der Waals surface area contributed by atoms with Crippen molar-refractivity contribution in [2.75, 3.05) is 6.54 Å². The van der Waals surface area contributed by atoms with Crippen LogP contribution in [-0.2, 0) is 13.1 Å². The predicted octanol–water partition coefficient (Wildman–Crippen LogP) is 0.535. The molecule has 2 rings (SSSR count). The first-order valence-corrected chi connectivity index (χ1v) is 6.17. The van der Waals surface area contributed by atoms with Gasteiger partial charge < -0.3 is 11.1 Å². The first-order chi connectivity index (χ1) is 9.19. The molecule has 6 heteroatoms. The SMILES string of the molecule is CCNCc1cn(Cc2ccc(C(N)=O)cc2)nn1. The average Bonchev–Trinajstić information content (AvgIpc) is 2.84. The highest BCUT2D eigenvalue weighted by Crippen LogP contribution is 2.06. The summed E-state index contributed by atoms with van der Waals surface area (Å²) in [5, 5.41) is 11.3. The Morgan fingerprint density at radius 3 is 2.74 bits per heavy atom. The summed E-state index contributed by atoms with van der Waals surface area (Å²) < 4.78 is 1.77. The molecule has 1 aromatic carbocycles. The number of aromatic nitrogens is 3. The number of nitrogens with zero attached hydrogens (tertiary/aromatic N) is 3. The van der Waals surface area contributed by atoms with E-state index in [-0.39, 0.29) is 0 Å². The van der Waals surface area contributed by atoms with Gasteiger partial charge in [0.05, 0.1) is 18.4 Å². The maximum absolute atomic E-state index is 11.0. The van der Waals surface area contributed by atoms with E-state index in [9.17, 15) is 4.79 Å². The second kappa shape index (κ2) is 6.10. The van der Waals surface area contributed by atoms with E-state index in [1.165, 1.54) is 0 Å². The molecule has 0 radical (unpaired) electrons. The third kappa shape index (κ3) is 3.62. The summed E-state index contributed by atoms with van der Waals surface area (Å²) in [6, 6.07) is 7.17. The molecule has 1 amide bonds. The Morgan fingerprint density at radius 1 is 1.37 bits per heavy atom. The van der Waals surface area contributed by atoms with Crippen molar-refractivity contribution in [1.29, 1.82) is 0 Å². The van der Waals surface area contributed by atoms with Crippen molar-refractivity contribution in [3.8, 4) is 0 Å². The van der Waals surface area contributed by atoms with Gasteiger partial charge in [0.1, 0.15) is 0 Å². The third-order valence-corrected chi connectivity index (χ3v) is 2.73. The van der Waals surface area contributed by atoms with Crippen LogP contribution in [0.4, 0.5) is 0 Å². The van der Waals surface area contributed by atoms with E-state index in [2.05, 4.69) is 15.6 Å². The van der Waals surface area contributed by atoms with Crippen LogP contribution in [0.5, 0.6) is 0 Å². The monoisotopic (exact) mass is 259 g/mol. The van der Waals surface area contributed by atoms with E-state index in [1.807, 2.05) is 25.3 Å². The maximum atomic E-state index is 11.0. The minimum absolute atomic E-state index is 0.416. The number of carbonyl (C=O) groups is 1. The topological polar surface area (TPSA) is 85.8 Å². The van der Waals surface area contributed by atoms with E-state index in [0.717, 1.165) is 24.3 Å². The summed E-state index contributed by atoms with van der Waals surface area (Å²) in [6.07, 6.45) is 1.91. The van der Waals surface area contributed by atoms with Gasteiger partial charge in [-0.3, -0.25) is 4.79 Å². The van der Waals surface area contributed by atoms with Gasteiger partial charge in [0.15, 0.2) is 0 Å². The summed E-state index contributed by atoms with van der Waals surface area (Å²) in [7, 11) is 0. The van der Waals surface area contributed by atoms with Crippen molar-refractivity contribution < 1.29 is 4.79 Å². The Hall–Kier alpha value is -2.21. The molecule has 0 spiro atoms. The fourth-order valence-electron chi connectivity index (χ4n) is 1.71. The number of hydrogen-bond donors (Lipinski definition) is 2. The fraction of sp³-hybridized carbons (Fsp3) is 0.308. The lowest BCUT2D eigenvalue weighted by Gasteiger charge is -2.02. The van der Waals surface area contributed by atoms with Crippen LogP contribution in [0, 0.1) is 0 Å². The van der Waals surface area contributed by atoms with Crippen molar-refractivity contribution in [2.24, 2.45) is 5.73 Å². The van der Waals surface area contributed by atoms with Crippen LogP contribution in [0.3, 0.4) is 0 Å². The van der Waals surface area contributed by atoms with E-state index in [4.69, 9.17) is 5.73 Å². The Morgan fingerprint density at radius 2 is 2.11 bits per heavy atom. The summed E-state index contributed by atoms with van der Waals surface area (Å²) >= 11 is 0. The van der Waals surface area contributed by atoms with Gasteiger partial charge >= 0.3 is 0 Å². The van der Waals surface area contributed by atoms with Gasteiger partial charge in [-0.15, -0.1) is 5.10 Å². The third-order valence-electron chi connectivity index (χ3n) is 2.73. The normalized spacial score (nSPS) is 10.6. The molecule has 0 saturated carbocycles. The molecule has 3 N–H and O–H groups in total. The molecule has 0 aliphatic heterocycles. The molecule has 19 heavy (non-hydrogen) atoms. The minimum Gasteiger partial charge on any atom is -0.366 e. The van der Waals surface area contributed by atoms with Crippen LogP contribution in [0.1, 0.15) is 28.5 Å². The van der Waals surface area contributed by atoms with Crippen molar-refractivity contribution in [1.82, 2.24) is 20.3 Å². The molecule has 100 valence electrons. The molecule has 0 bridgehead atoms. The van der Waals surface area contributed by atoms with Crippen LogP contribution < -0.4 is 11.1 Å². The smallest absolute Gasteiger partial charge is 0.248 e. The summed E-state index contributed by atoms with van der Waals surface area (Å²) in [5.41, 5.74) is 7.66. The van der Waals surface area contributed by atoms with Crippen LogP contribution in [0.15, 0.2) is 30.5 Å². The van der Waals surface area contributed by atoms with Crippen molar-refractivity contribution in [3.05, 3.63) is 47.3 Å². The number of benzene rings is 1. The summed E-state index contributed by atoms with van der Waals surface area (Å²) in [5.74, 6) is -0.416. The lowest BCUT2D eigenvalue weighted by molar-refractivity contribution is 0.100. The second-order valence-electron chi connectivity index (χ2n) is 4.25. The zero-order chi connectivity index (χ0) is 13.7. The highest BCUT2D eigenvalue weighted by Gasteiger charge is 2.03. The fourth-order valence-corrected chi connectivity index (χ4v) is 1.71. The Balaban J connectivity index is 2.00. The van der Waals surface area contributed by atoms with Crippen LogP contribution >= 0.6 is 0 Å². The number of rotatable bonds is 6. The molecule has 1 heterocycles. The first-order valence-electron chi connectivity index (χ1n) is 6.17. The van der Waals surface area contributed by atoms with Gasteiger partial charge in [0.25, 0.3) is 0 Å². The molecule has 0 unspecified atom stereocenters. The van der Waals surface area contributed by atoms with Crippen LogP contribution in [-0.4, -0.2) is 27.4 Å². The minimum atomic E-state index is -0.416. The zero-order valence-corrected chi connectivity index (χ0v) is 10.8. The second-order valence-corrected chi connectivity index (χ2v) is 4.25. The van der Waals surface area contributed by atoms with Crippen molar-refractivity contribution >= 4 is 5.91 Å². The Bertz CT molecular complexity index is 546. The van der Waals surface area contributed by atoms with Gasteiger partial charge in [-0.25, -0.2) is 4.68 Å². The maximum Gasteiger partial charge on any atom is 0.248 e. The zero-order valence-electron chi connectivity index (χ0n) is 10.8. The van der Waals surface area contributed by atoms with E-state index in [0.29, 0.717) is 12.1 Å². The Kier molecular flexibility index (Phi) is 4.25. The molecule has 0 aliphatic rings. The number of nitrogens with two attached hydrogens (primary N) is 1. The Labute approximate surface area is 111 Å². The predicted molar refractivity (Wildman–Crippen MR) is 71.5 cm³/mol. The van der Waals surface area contributed by atoms with Gasteiger partial charge in [-0.2, -0.15) is 0 Å². The lowest BCUT2D eigenvalue weighted by atomic mass is 10.1. The van der Waals surface area contributed by atoms with Gasteiger partial charge in [-0.1, -0.05) is 24.3 Å². The van der Waals surface area contributed by atoms with Gasteiger partial charge in [0.2, 0.25) is 5.91 Å². The molecule has 1 aromatic heterocycles. The van der Waals surface area contributed by atoms with Crippen molar-refractivity contribution in [3.63, 3.8) is 0 Å². The van der Waals surface area contributed by atoms with E-state index in [1.54, 1.807) is 16.8 Å². The number of nitrogens with one attached hydrogen (secondary N) is 1. The number of amides is 1. The first kappa shape index (κ1) is 13.2. The van der Waals surface area contributed by atoms with Gasteiger partial charge in [-0.05, 0) is 24.2 Å². The quantitative estimate of drug-likeness (QED) is 0.792. The molecular formula is C13H17N5O. The number of hydrogen-bond acceptors (Lipinski definition) is 4. The molecule has 0 fully saturated rings. The van der Waals surface area contributed by atoms with E-state index < -0.39 is 5.91 Å². The highest BCUT2D eigenvalue weighted by atomic mass is 16.1. The van der Waals surface area contributed by atoms with Crippen LogP contribution in [0.25, 0.3) is 0 Å². The summed E-state index contributed by atoms with van der Waals surface area (Å²) in [4.78, 5) is 11.0. The number of carbonyl (C=O) groups excluding carboxylic acids is 1. The van der Waals surface area contributed by atoms with Gasteiger partial charge in [0, 0.05) is 12.1 Å². The largest absolute Gasteiger partial charge is 0.366 e. The molecular weight excluding hydrogens is 242 g/mol. The molecule has 0 saturated heterocycles. The van der Waals surface area contributed by atoms with Crippen LogP contribution in [0.2, 0.25) is 0 Å². The number of primary amides is 1. The molecule has 0 aliphatic carbocycles. The summed E-state index contributed by atoms with van der Waals surface area (Å²) in [6.45, 7) is 4.29. The van der Waals surface area contributed by atoms with Crippen molar-refractivity contribution in [2.45, 2.75) is 20.0 Å². The lowest BCUT2D eigenvalue weighted by Crippen LogP contribution is -2.11. The molecule has 0 atom stereocenters. The standard InChI is InChI=1S/C13H17N5O/c1-2-15-7-12-9-18(17-16-12)8-10-3-5-11(6-4-10)13(14)19/h3-6,9,15H,2,7-8H2,1H3,(H2,14,19).